The van der Waals surface area contributed by atoms with E-state index in [0.717, 1.165) is 44.5 Å². The summed E-state index contributed by atoms with van der Waals surface area (Å²) in [7, 11) is 0. The number of carbonyl (C=O) groups excluding carboxylic acids is 2. The molecule has 2 atom stereocenters. The molecule has 186 valence electrons. The number of carboxylic acid groups (broad SMARTS) is 1. The number of aliphatic carboxylic acids is 1. The number of Topliss-reactive ketones (excluding diaryl/α,β-unsaturated/α-hetero) is 1. The Morgan fingerprint density at radius 3 is 2.23 bits per heavy atom. The second-order valence-corrected chi connectivity index (χ2v) is 9.61. The summed E-state index contributed by atoms with van der Waals surface area (Å²) in [5, 5.41) is 8.01. The van der Waals surface area contributed by atoms with E-state index in [1.54, 1.807) is 0 Å². The lowest BCUT2D eigenvalue weighted by Crippen LogP contribution is -2.53. The predicted octanol–water partition coefficient (Wildman–Crippen LogP) is 4.31. The van der Waals surface area contributed by atoms with Crippen molar-refractivity contribution >= 4 is 17.8 Å². The fraction of sp³-hybridized carbons (Fsp3) is 0.464. The van der Waals surface area contributed by atoms with Crippen molar-refractivity contribution in [3.63, 3.8) is 0 Å². The van der Waals surface area contributed by atoms with E-state index in [1.807, 2.05) is 23.1 Å². The number of carbonyl (C=O) groups is 3. The number of ether oxygens (including phenoxy) is 1. The van der Waals surface area contributed by atoms with Gasteiger partial charge in [-0.05, 0) is 61.9 Å². The summed E-state index contributed by atoms with van der Waals surface area (Å²) in [6, 6.07) is 18.8. The summed E-state index contributed by atoms with van der Waals surface area (Å²) in [6.45, 7) is 5.29. The monoisotopic (exact) mass is 478 g/mol. The van der Waals surface area contributed by atoms with Gasteiger partial charge in [-0.3, -0.25) is 14.6 Å². The molecule has 2 aromatic carbocycles. The van der Waals surface area contributed by atoms with Crippen LogP contribution in [0.3, 0.4) is 0 Å². The Hall–Kier alpha value is -3.19. The van der Waals surface area contributed by atoms with Gasteiger partial charge in [-0.15, -0.1) is 0 Å². The van der Waals surface area contributed by atoms with Crippen LogP contribution >= 0.6 is 0 Å². The Bertz CT molecular complexity index is 1020. The number of hydrogen-bond donors (Lipinski definition) is 1. The zero-order valence-electron chi connectivity index (χ0n) is 20.3. The number of benzene rings is 2. The maximum atomic E-state index is 13.2. The maximum absolute atomic E-state index is 13.2. The highest BCUT2D eigenvalue weighted by atomic mass is 16.6. The molecule has 3 saturated heterocycles. The number of piperidine rings is 3. The fourth-order valence-electron chi connectivity index (χ4n) is 5.28. The predicted molar refractivity (Wildman–Crippen MR) is 132 cm³/mol. The van der Waals surface area contributed by atoms with E-state index in [-0.39, 0.29) is 36.9 Å². The van der Waals surface area contributed by atoms with Crippen molar-refractivity contribution in [1.82, 2.24) is 9.80 Å². The minimum absolute atomic E-state index is 0.0463. The summed E-state index contributed by atoms with van der Waals surface area (Å²) in [4.78, 5) is 37.4. The summed E-state index contributed by atoms with van der Waals surface area (Å²) >= 11 is 0. The molecule has 35 heavy (non-hydrogen) atoms. The Kier molecular flexibility index (Phi) is 8.18. The Morgan fingerprint density at radius 1 is 0.943 bits per heavy atom. The summed E-state index contributed by atoms with van der Waals surface area (Å²) < 4.78 is 6.08. The number of rotatable bonds is 5. The average molecular weight is 479 g/mol. The van der Waals surface area contributed by atoms with Crippen molar-refractivity contribution in [1.29, 1.82) is 0 Å². The van der Waals surface area contributed by atoms with Crippen LogP contribution in [0, 0.1) is 5.92 Å². The molecule has 4 aliphatic rings. The van der Waals surface area contributed by atoms with Crippen molar-refractivity contribution in [3.8, 4) is 0 Å². The first-order valence-electron chi connectivity index (χ1n) is 12.5. The number of hydrogen-bond acceptors (Lipinski definition) is 5. The topological polar surface area (TPSA) is 87.1 Å². The lowest BCUT2D eigenvalue weighted by molar-refractivity contribution is -0.138. The molecular weight excluding hydrogens is 444 g/mol. The molecule has 1 N–H and O–H groups in total. The normalized spacial score (nSPS) is 24.5. The molecule has 4 aliphatic heterocycles. The fourth-order valence-corrected chi connectivity index (χ4v) is 5.28. The van der Waals surface area contributed by atoms with Crippen LogP contribution in [0.15, 0.2) is 54.6 Å². The van der Waals surface area contributed by atoms with E-state index in [0.29, 0.717) is 12.5 Å². The highest BCUT2D eigenvalue weighted by Gasteiger charge is 2.39. The van der Waals surface area contributed by atoms with Gasteiger partial charge in [0.2, 0.25) is 0 Å². The third kappa shape index (κ3) is 6.28. The minimum atomic E-state index is -0.916. The van der Waals surface area contributed by atoms with Crippen molar-refractivity contribution in [2.45, 2.75) is 51.2 Å². The number of ketones is 1. The van der Waals surface area contributed by atoms with E-state index in [1.165, 1.54) is 18.1 Å². The molecule has 0 spiro atoms. The molecule has 2 aromatic rings. The summed E-state index contributed by atoms with van der Waals surface area (Å²) in [5.74, 6) is -0.459. The van der Waals surface area contributed by atoms with Crippen LogP contribution in [0.5, 0.6) is 0 Å². The van der Waals surface area contributed by atoms with Gasteiger partial charge >= 0.3 is 12.1 Å². The highest BCUT2D eigenvalue weighted by molar-refractivity contribution is 5.80. The van der Waals surface area contributed by atoms with Crippen molar-refractivity contribution < 1.29 is 24.2 Å². The molecule has 0 aromatic heterocycles. The third-order valence-electron chi connectivity index (χ3n) is 7.17. The molecular formula is C28H34N2O5. The van der Waals surface area contributed by atoms with E-state index >= 15 is 0 Å². The van der Waals surface area contributed by atoms with Crippen LogP contribution in [0.25, 0.3) is 0 Å². The number of nitrogens with zero attached hydrogens (tertiary/aromatic N) is 2. The van der Waals surface area contributed by atoms with E-state index in [2.05, 4.69) is 41.3 Å². The molecule has 0 aliphatic carbocycles. The largest absolute Gasteiger partial charge is 0.481 e. The van der Waals surface area contributed by atoms with Crippen LogP contribution in [0.1, 0.15) is 55.3 Å². The summed E-state index contributed by atoms with van der Waals surface area (Å²) in [6.07, 6.45) is 3.19. The second-order valence-electron chi connectivity index (χ2n) is 9.61. The van der Waals surface area contributed by atoms with Gasteiger partial charge in [-0.2, -0.15) is 0 Å². The Morgan fingerprint density at radius 2 is 1.63 bits per heavy atom. The minimum Gasteiger partial charge on any atom is -0.481 e. The molecule has 7 nitrogen and oxygen atoms in total. The second kappa shape index (κ2) is 11.5. The van der Waals surface area contributed by atoms with Gasteiger partial charge in [0.15, 0.2) is 0 Å². The standard InChI is InChI=1S/C23H26N2O2.C5H8O3/c26-23(27-21-16-24-13-10-18(21)11-14-24)25-15-12-17-6-4-5-9-20(17)22(25)19-7-2-1-3-8-19;1-4(6)2-3-5(7)8/h1-9,18,21-22H,10-16H2;2-3H2,1H3,(H,7,8)/t21-,22-;/m0./s1. The zero-order valence-corrected chi connectivity index (χ0v) is 20.3. The van der Waals surface area contributed by atoms with Gasteiger partial charge < -0.3 is 14.6 Å². The van der Waals surface area contributed by atoms with Crippen LogP contribution in [0.2, 0.25) is 0 Å². The average Bonchev–Trinajstić information content (AvgIpc) is 2.88. The van der Waals surface area contributed by atoms with Gasteiger partial charge in [0.05, 0.1) is 12.5 Å². The number of amides is 1. The Labute approximate surface area is 206 Å². The van der Waals surface area contributed by atoms with E-state index in [9.17, 15) is 14.4 Å². The first kappa shape index (κ1) is 24.9. The smallest absolute Gasteiger partial charge is 0.410 e. The van der Waals surface area contributed by atoms with Gasteiger partial charge in [0, 0.05) is 19.5 Å². The van der Waals surface area contributed by atoms with Crippen LogP contribution < -0.4 is 0 Å². The van der Waals surface area contributed by atoms with Gasteiger partial charge in [-0.25, -0.2) is 4.79 Å². The molecule has 1 amide bonds. The molecule has 3 fully saturated rings. The number of fused-ring (bicyclic) bond motifs is 4. The molecule has 0 radical (unpaired) electrons. The van der Waals surface area contributed by atoms with Crippen LogP contribution in [0.4, 0.5) is 4.79 Å². The van der Waals surface area contributed by atoms with E-state index in [4.69, 9.17) is 9.84 Å². The molecule has 7 heteroatoms. The first-order chi connectivity index (χ1) is 16.9. The van der Waals surface area contributed by atoms with Crippen molar-refractivity contribution in [3.05, 3.63) is 71.3 Å². The van der Waals surface area contributed by atoms with Crippen LogP contribution in [-0.2, 0) is 20.7 Å². The molecule has 6 rings (SSSR count). The van der Waals surface area contributed by atoms with Gasteiger partial charge in [0.1, 0.15) is 11.9 Å². The Balaban J connectivity index is 0.000000314. The lowest BCUT2D eigenvalue weighted by atomic mass is 9.86. The lowest BCUT2D eigenvalue weighted by Gasteiger charge is -2.45. The quantitative estimate of drug-likeness (QED) is 0.689. The molecule has 0 unspecified atom stereocenters. The first-order valence-corrected chi connectivity index (χ1v) is 12.5. The number of carboxylic acids is 1. The molecule has 4 heterocycles. The van der Waals surface area contributed by atoms with Gasteiger partial charge in [-0.1, -0.05) is 54.6 Å². The maximum Gasteiger partial charge on any atom is 0.410 e. The van der Waals surface area contributed by atoms with Gasteiger partial charge in [0.25, 0.3) is 0 Å². The molecule has 2 bridgehead atoms. The SMILES string of the molecule is CC(=O)CCC(=O)O.O=C(O[C@H]1CN2CCC1CC2)N1CCc2ccccc2[C@@H]1c1ccccc1. The molecule has 0 saturated carbocycles. The third-order valence-corrected chi connectivity index (χ3v) is 7.17. The van der Waals surface area contributed by atoms with Crippen molar-refractivity contribution in [2.24, 2.45) is 5.92 Å². The van der Waals surface area contributed by atoms with E-state index < -0.39 is 5.97 Å². The van der Waals surface area contributed by atoms with Crippen LogP contribution in [-0.4, -0.2) is 65.0 Å². The summed E-state index contributed by atoms with van der Waals surface area (Å²) in [5.41, 5.74) is 3.70. The zero-order chi connectivity index (χ0) is 24.8. The highest BCUT2D eigenvalue weighted by Crippen LogP contribution is 2.36. The van der Waals surface area contributed by atoms with Crippen molar-refractivity contribution in [2.75, 3.05) is 26.2 Å².